The third-order valence-electron chi connectivity index (χ3n) is 11.4. The van der Waals surface area contributed by atoms with Gasteiger partial charge in [0, 0.05) is 60.1 Å². The van der Waals surface area contributed by atoms with Crippen LogP contribution in [0.4, 0.5) is 11.4 Å². The minimum absolute atomic E-state index is 0.125. The number of aliphatic carboxylic acids is 1. The van der Waals surface area contributed by atoms with Crippen LogP contribution in [0.1, 0.15) is 97.1 Å². The van der Waals surface area contributed by atoms with Crippen molar-refractivity contribution in [3.8, 4) is 11.4 Å². The number of carboxylic acid groups (broad SMARTS) is 1. The standard InChI is InChI=1S/C46H52N6O2/c1-6-30-50-39-22-11-9-19-35(39)45(2,3)41(50)27-25-33-17-16-18-34(44(33)52-32-38(48-49-52)37-21-13-14-29-47-37)26-28-42-46(4,5)36-20-10-12-23-40(36)51(42)31-15-7-8-24-43(53)54/h9-14,19-23,25-29,32H,6-8,15-18,24,30-31H2,1-5H3/p+1. The number of nitrogens with zero attached hydrogens (tertiary/aromatic N) is 6. The van der Waals surface area contributed by atoms with Crippen molar-refractivity contribution in [3.05, 3.63) is 131 Å². The van der Waals surface area contributed by atoms with Crippen molar-refractivity contribution in [2.75, 3.05) is 18.0 Å². The lowest BCUT2D eigenvalue weighted by molar-refractivity contribution is -0.437. The van der Waals surface area contributed by atoms with Gasteiger partial charge in [0.25, 0.3) is 0 Å². The predicted octanol–water partition coefficient (Wildman–Crippen LogP) is 10.0. The molecule has 3 aliphatic rings. The van der Waals surface area contributed by atoms with Crippen LogP contribution in [-0.2, 0) is 15.6 Å². The van der Waals surface area contributed by atoms with Crippen LogP contribution in [-0.4, -0.2) is 54.4 Å². The molecule has 0 amide bonds. The first kappa shape index (κ1) is 37.0. The summed E-state index contributed by atoms with van der Waals surface area (Å²) < 4.78 is 4.46. The smallest absolute Gasteiger partial charge is 0.303 e. The number of rotatable bonds is 13. The number of para-hydroxylation sites is 2. The van der Waals surface area contributed by atoms with Gasteiger partial charge in [0.05, 0.1) is 23.0 Å². The Balaban J connectivity index is 1.31. The molecular weight excluding hydrogens is 669 g/mol. The molecule has 4 aromatic rings. The number of benzene rings is 2. The van der Waals surface area contributed by atoms with Gasteiger partial charge in [0.2, 0.25) is 5.69 Å². The molecule has 7 rings (SSSR count). The van der Waals surface area contributed by atoms with E-state index in [1.165, 1.54) is 45.1 Å². The number of hydrogen-bond donors (Lipinski definition) is 1. The molecular formula is C46H53N6O2+. The first-order valence-corrected chi connectivity index (χ1v) is 19.6. The number of anilines is 1. The van der Waals surface area contributed by atoms with Gasteiger partial charge in [-0.1, -0.05) is 87.0 Å². The fourth-order valence-electron chi connectivity index (χ4n) is 8.61. The van der Waals surface area contributed by atoms with Gasteiger partial charge < -0.3 is 10.0 Å². The molecule has 0 atom stereocenters. The summed E-state index contributed by atoms with van der Waals surface area (Å²) in [5, 5.41) is 18.5. The van der Waals surface area contributed by atoms with Crippen molar-refractivity contribution < 1.29 is 14.5 Å². The summed E-state index contributed by atoms with van der Waals surface area (Å²) in [4.78, 5) is 18.2. The topological polar surface area (TPSA) is 87.2 Å². The highest BCUT2D eigenvalue weighted by Crippen LogP contribution is 2.48. The first-order chi connectivity index (χ1) is 26.1. The highest BCUT2D eigenvalue weighted by Gasteiger charge is 2.44. The van der Waals surface area contributed by atoms with Crippen LogP contribution < -0.4 is 4.90 Å². The first-order valence-electron chi connectivity index (χ1n) is 19.6. The summed E-state index contributed by atoms with van der Waals surface area (Å²) in [5.74, 6) is -0.728. The van der Waals surface area contributed by atoms with Crippen LogP contribution in [0, 0.1) is 0 Å². The molecule has 8 nitrogen and oxygen atoms in total. The summed E-state index contributed by atoms with van der Waals surface area (Å²) >= 11 is 0. The van der Waals surface area contributed by atoms with Crippen molar-refractivity contribution in [2.45, 2.75) is 96.8 Å². The summed E-state index contributed by atoms with van der Waals surface area (Å²) in [6.07, 6.45) is 19.8. The summed E-state index contributed by atoms with van der Waals surface area (Å²) in [6.45, 7) is 13.3. The molecule has 1 aliphatic carbocycles. The number of carboxylic acids is 1. The molecule has 0 spiro atoms. The van der Waals surface area contributed by atoms with Crippen LogP contribution in [0.3, 0.4) is 0 Å². The number of unbranched alkanes of at least 4 members (excludes halogenated alkanes) is 2. The quantitative estimate of drug-likeness (QED) is 0.109. The minimum Gasteiger partial charge on any atom is -0.481 e. The van der Waals surface area contributed by atoms with Gasteiger partial charge in [-0.15, -0.1) is 5.10 Å². The van der Waals surface area contributed by atoms with Crippen molar-refractivity contribution in [3.63, 3.8) is 0 Å². The van der Waals surface area contributed by atoms with E-state index in [1.54, 1.807) is 6.20 Å². The Morgan fingerprint density at radius 3 is 2.43 bits per heavy atom. The Hall–Kier alpha value is -5.37. The van der Waals surface area contributed by atoms with Gasteiger partial charge >= 0.3 is 5.97 Å². The molecule has 1 N–H and O–H groups in total. The Morgan fingerprint density at radius 2 is 1.65 bits per heavy atom. The lowest BCUT2D eigenvalue weighted by Gasteiger charge is -2.27. The lowest BCUT2D eigenvalue weighted by Crippen LogP contribution is -2.28. The summed E-state index contributed by atoms with van der Waals surface area (Å²) in [7, 11) is 0. The third kappa shape index (κ3) is 7.14. The Bertz CT molecular complexity index is 2180. The van der Waals surface area contributed by atoms with Crippen molar-refractivity contribution >= 4 is 28.8 Å². The highest BCUT2D eigenvalue weighted by atomic mass is 16.4. The van der Waals surface area contributed by atoms with E-state index in [0.717, 1.165) is 68.7 Å². The van der Waals surface area contributed by atoms with Crippen LogP contribution >= 0.6 is 0 Å². The molecule has 0 saturated carbocycles. The highest BCUT2D eigenvalue weighted by molar-refractivity contribution is 6.03. The number of pyridine rings is 1. The second kappa shape index (κ2) is 15.5. The molecule has 0 fully saturated rings. The van der Waals surface area contributed by atoms with Crippen LogP contribution in [0.25, 0.3) is 17.1 Å². The zero-order valence-corrected chi connectivity index (χ0v) is 32.4. The maximum absolute atomic E-state index is 11.2. The van der Waals surface area contributed by atoms with E-state index in [4.69, 9.17) is 5.21 Å². The van der Waals surface area contributed by atoms with Gasteiger partial charge in [0.15, 0.2) is 5.71 Å². The number of aromatic nitrogens is 4. The molecule has 8 heteroatoms. The predicted molar refractivity (Wildman–Crippen MR) is 218 cm³/mol. The van der Waals surface area contributed by atoms with Crippen molar-refractivity contribution in [2.24, 2.45) is 0 Å². The molecule has 2 aromatic heterocycles. The number of carbonyl (C=O) groups is 1. The average molecular weight is 722 g/mol. The third-order valence-corrected chi connectivity index (χ3v) is 11.4. The zero-order valence-electron chi connectivity index (χ0n) is 32.4. The summed E-state index contributed by atoms with van der Waals surface area (Å²) in [5.41, 5.74) is 12.5. The molecule has 4 heterocycles. The summed E-state index contributed by atoms with van der Waals surface area (Å²) in [6, 6.07) is 23.4. The van der Waals surface area contributed by atoms with E-state index < -0.39 is 5.97 Å². The fourth-order valence-corrected chi connectivity index (χ4v) is 8.61. The number of fused-ring (bicyclic) bond motifs is 2. The number of hydrogen-bond acceptors (Lipinski definition) is 5. The second-order valence-electron chi connectivity index (χ2n) is 15.7. The maximum atomic E-state index is 11.2. The largest absolute Gasteiger partial charge is 0.481 e. The van der Waals surface area contributed by atoms with E-state index in [1.807, 2.05) is 29.1 Å². The Labute approximate surface area is 320 Å². The van der Waals surface area contributed by atoms with Gasteiger partial charge in [0.1, 0.15) is 12.2 Å². The van der Waals surface area contributed by atoms with Gasteiger partial charge in [-0.05, 0) is 86.9 Å². The normalized spacial score (nSPS) is 19.0. The van der Waals surface area contributed by atoms with Gasteiger partial charge in [-0.3, -0.25) is 9.78 Å². The fraction of sp³-hybridized carbons (Fsp3) is 0.370. The van der Waals surface area contributed by atoms with Crippen LogP contribution in [0.5, 0.6) is 0 Å². The van der Waals surface area contributed by atoms with Crippen LogP contribution in [0.15, 0.2) is 120 Å². The molecule has 2 aliphatic heterocycles. The minimum atomic E-state index is -0.728. The molecule has 278 valence electrons. The SMILES string of the molecule is CCC[N+]1=C(/C=C/C2=C(n3cc(-c4ccccn4)nn3)C(=C/C=C3/N(CCCCCC(=O)O)c4ccccc4C3(C)C)/CCC2)C(C)(C)c2ccccc21. The van der Waals surface area contributed by atoms with Gasteiger partial charge in [-0.25, -0.2) is 4.68 Å². The van der Waals surface area contributed by atoms with E-state index >= 15 is 0 Å². The molecule has 0 radical (unpaired) electrons. The molecule has 0 bridgehead atoms. The van der Waals surface area contributed by atoms with Crippen molar-refractivity contribution in [1.29, 1.82) is 0 Å². The zero-order chi connectivity index (χ0) is 37.9. The lowest BCUT2D eigenvalue weighted by atomic mass is 9.81. The number of allylic oxidation sites excluding steroid dienone is 8. The second-order valence-corrected chi connectivity index (χ2v) is 15.7. The van der Waals surface area contributed by atoms with Crippen LogP contribution in [0.2, 0.25) is 0 Å². The molecule has 2 aromatic carbocycles. The molecule has 0 saturated heterocycles. The van der Waals surface area contributed by atoms with E-state index in [2.05, 4.69) is 127 Å². The van der Waals surface area contributed by atoms with E-state index in [0.29, 0.717) is 6.42 Å². The Kier molecular flexibility index (Phi) is 10.6. The van der Waals surface area contributed by atoms with Gasteiger partial charge in [-0.2, -0.15) is 4.58 Å². The van der Waals surface area contributed by atoms with E-state index in [-0.39, 0.29) is 17.3 Å². The monoisotopic (exact) mass is 721 g/mol. The molecule has 54 heavy (non-hydrogen) atoms. The Morgan fingerprint density at radius 1 is 0.870 bits per heavy atom. The molecule has 0 unspecified atom stereocenters. The van der Waals surface area contributed by atoms with Crippen molar-refractivity contribution in [1.82, 2.24) is 20.0 Å². The average Bonchev–Trinajstić information content (AvgIpc) is 3.80. The van der Waals surface area contributed by atoms with E-state index in [9.17, 15) is 9.90 Å². The maximum Gasteiger partial charge on any atom is 0.303 e.